The second kappa shape index (κ2) is 4.21. The largest absolute Gasteiger partial charge is 0.383 e. The number of allylic oxidation sites excluding steroid dienone is 2. The average Bonchev–Trinajstić information content (AvgIpc) is 3.17. The first-order valence-corrected chi connectivity index (χ1v) is 7.04. The van der Waals surface area contributed by atoms with Crippen LogP contribution in [0.1, 0.15) is 12.8 Å². The zero-order chi connectivity index (χ0) is 14.6. The van der Waals surface area contributed by atoms with Crippen LogP contribution < -0.4 is 16.6 Å². The lowest BCUT2D eigenvalue weighted by atomic mass is 10.00. The van der Waals surface area contributed by atoms with Crippen molar-refractivity contribution in [2.45, 2.75) is 25.9 Å². The van der Waals surface area contributed by atoms with Gasteiger partial charge in [-0.15, -0.1) is 0 Å². The third-order valence-corrected chi connectivity index (χ3v) is 4.15. The van der Waals surface area contributed by atoms with E-state index in [0.717, 1.165) is 30.8 Å². The summed E-state index contributed by atoms with van der Waals surface area (Å²) in [6.07, 6.45) is 4.76. The molecule has 1 aromatic heterocycles. The summed E-state index contributed by atoms with van der Waals surface area (Å²) in [6.45, 7) is 2.14. The van der Waals surface area contributed by atoms with E-state index < -0.39 is 0 Å². The van der Waals surface area contributed by atoms with E-state index in [-0.39, 0.29) is 17.0 Å². The number of aromatic nitrogens is 2. The standard InChI is InChI=1S/C14H15N5O2/c15-13-12(14(21)19-7-1-6-18(13)19)17-9-2-3-10(20)8-4-5-16-11(8)9/h2-3,16H,1,4-7,15H2. The van der Waals surface area contributed by atoms with Crippen LogP contribution in [-0.2, 0) is 17.9 Å². The van der Waals surface area contributed by atoms with Crippen LogP contribution in [0, 0.1) is 0 Å². The molecule has 0 amide bonds. The summed E-state index contributed by atoms with van der Waals surface area (Å²) < 4.78 is 3.40. The molecule has 0 spiro atoms. The van der Waals surface area contributed by atoms with E-state index in [1.807, 2.05) is 0 Å². The Hall–Kier alpha value is -2.57. The summed E-state index contributed by atoms with van der Waals surface area (Å²) in [5.74, 6) is 0.411. The van der Waals surface area contributed by atoms with E-state index in [2.05, 4.69) is 10.3 Å². The van der Waals surface area contributed by atoms with Gasteiger partial charge >= 0.3 is 0 Å². The SMILES string of the molecule is Nc1c(N=C2C=CC(=O)C3=C2NCC3)c(=O)n2n1CCC2. The van der Waals surface area contributed by atoms with Gasteiger partial charge in [-0.05, 0) is 25.0 Å². The molecule has 0 atom stereocenters. The van der Waals surface area contributed by atoms with Crippen molar-refractivity contribution in [3.63, 3.8) is 0 Å². The summed E-state index contributed by atoms with van der Waals surface area (Å²) >= 11 is 0. The normalized spacial score (nSPS) is 21.9. The van der Waals surface area contributed by atoms with E-state index in [9.17, 15) is 9.59 Å². The number of nitrogens with one attached hydrogen (secondary N) is 1. The Morgan fingerprint density at radius 3 is 2.81 bits per heavy atom. The Kier molecular flexibility index (Phi) is 2.44. The van der Waals surface area contributed by atoms with Crippen LogP contribution >= 0.6 is 0 Å². The lowest BCUT2D eigenvalue weighted by Crippen LogP contribution is -2.20. The van der Waals surface area contributed by atoms with E-state index in [0.29, 0.717) is 24.5 Å². The van der Waals surface area contributed by atoms with Gasteiger partial charge in [0.2, 0.25) is 0 Å². The van der Waals surface area contributed by atoms with Crippen molar-refractivity contribution in [3.8, 4) is 0 Å². The van der Waals surface area contributed by atoms with Crippen molar-refractivity contribution in [2.24, 2.45) is 4.99 Å². The van der Waals surface area contributed by atoms with Crippen LogP contribution in [0.3, 0.4) is 0 Å². The molecule has 0 radical (unpaired) electrons. The number of nitrogens with two attached hydrogens (primary N) is 1. The van der Waals surface area contributed by atoms with Gasteiger partial charge in [-0.3, -0.25) is 14.3 Å². The van der Waals surface area contributed by atoms with Crippen LogP contribution in [0.4, 0.5) is 11.5 Å². The molecule has 2 aliphatic heterocycles. The third-order valence-electron chi connectivity index (χ3n) is 4.15. The Labute approximate surface area is 120 Å². The maximum absolute atomic E-state index is 12.3. The predicted octanol–water partition coefficient (Wildman–Crippen LogP) is 0.0945. The molecule has 0 saturated carbocycles. The second-order valence-corrected chi connectivity index (χ2v) is 5.36. The highest BCUT2D eigenvalue weighted by atomic mass is 16.1. The Bertz CT molecular complexity index is 806. The van der Waals surface area contributed by atoms with Crippen LogP contribution in [0.25, 0.3) is 0 Å². The number of anilines is 1. The summed E-state index contributed by atoms with van der Waals surface area (Å²) in [4.78, 5) is 28.6. The molecule has 3 aliphatic rings. The molecular weight excluding hydrogens is 270 g/mol. The summed E-state index contributed by atoms with van der Waals surface area (Å²) in [7, 11) is 0. The Morgan fingerprint density at radius 2 is 2.00 bits per heavy atom. The number of aliphatic imine (C=N–C) groups is 1. The Morgan fingerprint density at radius 1 is 1.19 bits per heavy atom. The van der Waals surface area contributed by atoms with E-state index in [1.54, 1.807) is 15.4 Å². The number of nitrogens with zero attached hydrogens (tertiary/aromatic N) is 3. The maximum atomic E-state index is 12.3. The fourth-order valence-corrected chi connectivity index (χ4v) is 3.12. The fraction of sp³-hybridized carbons (Fsp3) is 0.357. The zero-order valence-corrected chi connectivity index (χ0v) is 11.4. The zero-order valence-electron chi connectivity index (χ0n) is 11.4. The molecule has 4 rings (SSSR count). The van der Waals surface area contributed by atoms with Gasteiger partial charge in [0.05, 0.1) is 11.4 Å². The first-order valence-electron chi connectivity index (χ1n) is 7.04. The molecule has 21 heavy (non-hydrogen) atoms. The average molecular weight is 285 g/mol. The lowest BCUT2D eigenvalue weighted by molar-refractivity contribution is -0.111. The van der Waals surface area contributed by atoms with Gasteiger partial charge < -0.3 is 11.1 Å². The highest BCUT2D eigenvalue weighted by Crippen LogP contribution is 2.26. The van der Waals surface area contributed by atoms with Gasteiger partial charge in [0, 0.05) is 25.2 Å². The first kappa shape index (κ1) is 12.2. The third kappa shape index (κ3) is 1.63. The summed E-state index contributed by atoms with van der Waals surface area (Å²) in [6, 6.07) is 0. The first-order chi connectivity index (χ1) is 10.2. The molecule has 0 saturated heterocycles. The molecule has 0 unspecified atom stereocenters. The lowest BCUT2D eigenvalue weighted by Gasteiger charge is -2.10. The second-order valence-electron chi connectivity index (χ2n) is 5.36. The molecule has 0 aromatic carbocycles. The molecule has 0 bridgehead atoms. The molecule has 3 heterocycles. The van der Waals surface area contributed by atoms with E-state index >= 15 is 0 Å². The van der Waals surface area contributed by atoms with Crippen LogP contribution in [0.15, 0.2) is 33.2 Å². The topological polar surface area (TPSA) is 94.4 Å². The van der Waals surface area contributed by atoms with E-state index in [1.165, 1.54) is 6.08 Å². The minimum absolute atomic E-state index is 0.0121. The molecule has 0 fully saturated rings. The number of hydrogen-bond donors (Lipinski definition) is 2. The minimum atomic E-state index is -0.164. The molecule has 1 aromatic rings. The number of nitrogen functional groups attached to an aromatic ring is 1. The van der Waals surface area contributed by atoms with E-state index in [4.69, 9.17) is 5.73 Å². The van der Waals surface area contributed by atoms with Gasteiger partial charge in [-0.25, -0.2) is 9.67 Å². The van der Waals surface area contributed by atoms with Crippen molar-refractivity contribution < 1.29 is 4.79 Å². The molecular formula is C14H15N5O2. The molecule has 1 aliphatic carbocycles. The number of ketones is 1. The number of hydrogen-bond acceptors (Lipinski definition) is 5. The number of fused-ring (bicyclic) bond motifs is 1. The summed E-state index contributed by atoms with van der Waals surface area (Å²) in [5, 5.41) is 3.17. The molecule has 108 valence electrons. The predicted molar refractivity (Wildman–Crippen MR) is 78.6 cm³/mol. The highest BCUT2D eigenvalue weighted by molar-refractivity contribution is 6.23. The van der Waals surface area contributed by atoms with Gasteiger partial charge in [0.25, 0.3) is 5.56 Å². The van der Waals surface area contributed by atoms with Crippen molar-refractivity contribution >= 4 is 23.0 Å². The van der Waals surface area contributed by atoms with Gasteiger partial charge in [-0.2, -0.15) is 0 Å². The van der Waals surface area contributed by atoms with Gasteiger partial charge in [0.15, 0.2) is 17.3 Å². The Balaban J connectivity index is 1.85. The minimum Gasteiger partial charge on any atom is -0.383 e. The fourth-order valence-electron chi connectivity index (χ4n) is 3.12. The monoisotopic (exact) mass is 285 g/mol. The van der Waals surface area contributed by atoms with Crippen molar-refractivity contribution in [3.05, 3.63) is 33.8 Å². The van der Waals surface area contributed by atoms with Crippen molar-refractivity contribution in [1.82, 2.24) is 14.7 Å². The van der Waals surface area contributed by atoms with Crippen molar-refractivity contribution in [2.75, 3.05) is 12.3 Å². The van der Waals surface area contributed by atoms with Crippen LogP contribution in [0.2, 0.25) is 0 Å². The van der Waals surface area contributed by atoms with Gasteiger partial charge in [-0.1, -0.05) is 0 Å². The number of rotatable bonds is 1. The van der Waals surface area contributed by atoms with Crippen LogP contribution in [0.5, 0.6) is 0 Å². The summed E-state index contributed by atoms with van der Waals surface area (Å²) in [5.41, 5.74) is 8.23. The quantitative estimate of drug-likeness (QED) is 0.715. The van der Waals surface area contributed by atoms with Crippen molar-refractivity contribution in [1.29, 1.82) is 0 Å². The molecule has 7 nitrogen and oxygen atoms in total. The molecule has 3 N–H and O–H groups in total. The number of carbonyl (C=O) groups excluding carboxylic acids is 1. The molecule has 7 heteroatoms. The van der Waals surface area contributed by atoms with Crippen LogP contribution in [-0.4, -0.2) is 27.4 Å². The maximum Gasteiger partial charge on any atom is 0.294 e. The highest BCUT2D eigenvalue weighted by Gasteiger charge is 2.27. The van der Waals surface area contributed by atoms with Gasteiger partial charge in [0.1, 0.15) is 0 Å². The number of carbonyl (C=O) groups is 1. The smallest absolute Gasteiger partial charge is 0.294 e.